The molecule has 1 saturated carbocycles. The highest BCUT2D eigenvalue weighted by Gasteiger charge is 2.33. The number of furan rings is 1. The van der Waals surface area contributed by atoms with E-state index in [1.165, 1.54) is 10.9 Å². The number of amides is 1. The predicted molar refractivity (Wildman–Crippen MR) is 78.7 cm³/mol. The van der Waals surface area contributed by atoms with Gasteiger partial charge in [-0.25, -0.2) is 4.98 Å². The maximum Gasteiger partial charge on any atom is 0.243 e. The van der Waals surface area contributed by atoms with Crippen LogP contribution in [0.2, 0.25) is 0 Å². The van der Waals surface area contributed by atoms with Crippen molar-refractivity contribution < 1.29 is 9.21 Å². The summed E-state index contributed by atoms with van der Waals surface area (Å²) in [7, 11) is 0. The maximum absolute atomic E-state index is 12.6. The van der Waals surface area contributed by atoms with Crippen LogP contribution in [-0.4, -0.2) is 26.4 Å². The van der Waals surface area contributed by atoms with Gasteiger partial charge in [0.1, 0.15) is 30.2 Å². The second kappa shape index (κ2) is 5.98. The third-order valence-electron chi connectivity index (χ3n) is 3.79. The summed E-state index contributed by atoms with van der Waals surface area (Å²) in [6.07, 6.45) is 3.31. The molecule has 1 aliphatic rings. The fourth-order valence-electron chi connectivity index (χ4n) is 2.48. The van der Waals surface area contributed by atoms with E-state index < -0.39 is 0 Å². The van der Waals surface area contributed by atoms with Crippen LogP contribution in [0.5, 0.6) is 0 Å². The van der Waals surface area contributed by atoms with Crippen molar-refractivity contribution in [2.45, 2.75) is 38.9 Å². The number of aryl methyl sites for hydroxylation is 1. The number of rotatable bonds is 5. The molecule has 0 N–H and O–H groups in total. The van der Waals surface area contributed by atoms with Crippen LogP contribution in [0.4, 0.5) is 0 Å². The highest BCUT2D eigenvalue weighted by atomic mass is 16.3. The quantitative estimate of drug-likeness (QED) is 0.837. The zero-order valence-electron chi connectivity index (χ0n) is 12.7. The Kier molecular flexibility index (Phi) is 3.86. The summed E-state index contributed by atoms with van der Waals surface area (Å²) in [6.45, 7) is 2.27. The van der Waals surface area contributed by atoms with Gasteiger partial charge >= 0.3 is 0 Å². The van der Waals surface area contributed by atoms with Crippen LogP contribution in [0.1, 0.15) is 35.7 Å². The first-order chi connectivity index (χ1) is 11.1. The lowest BCUT2D eigenvalue weighted by molar-refractivity contribution is -0.133. The molecule has 0 radical (unpaired) electrons. The normalized spacial score (nSPS) is 13.3. The molecule has 1 aliphatic carbocycles. The number of hydrogen-bond acceptors (Lipinski definition) is 5. The Labute approximate surface area is 133 Å². The van der Waals surface area contributed by atoms with Crippen molar-refractivity contribution in [2.75, 3.05) is 0 Å². The van der Waals surface area contributed by atoms with Crippen LogP contribution in [0.3, 0.4) is 0 Å². The molecule has 0 saturated heterocycles. The zero-order valence-corrected chi connectivity index (χ0v) is 12.7. The molecule has 23 heavy (non-hydrogen) atoms. The van der Waals surface area contributed by atoms with Gasteiger partial charge in [-0.3, -0.25) is 4.79 Å². The van der Waals surface area contributed by atoms with E-state index >= 15 is 0 Å². The highest BCUT2D eigenvalue weighted by molar-refractivity contribution is 5.77. The fourth-order valence-corrected chi connectivity index (χ4v) is 2.48. The van der Waals surface area contributed by atoms with Crippen LogP contribution >= 0.6 is 0 Å². The zero-order chi connectivity index (χ0) is 16.4. The number of carbonyl (C=O) groups excluding carboxylic acids is 1. The molecule has 2 heterocycles. The van der Waals surface area contributed by atoms with Crippen molar-refractivity contribution in [3.05, 3.63) is 41.4 Å². The minimum atomic E-state index is -0.111. The molecule has 0 aromatic carbocycles. The molecule has 0 atom stereocenters. The van der Waals surface area contributed by atoms with E-state index in [0.717, 1.165) is 24.4 Å². The van der Waals surface area contributed by atoms with Gasteiger partial charge in [-0.15, -0.1) is 0 Å². The minimum absolute atomic E-state index is 0.00619. The Morgan fingerprint density at radius 3 is 2.78 bits per heavy atom. The molecule has 0 spiro atoms. The van der Waals surface area contributed by atoms with Gasteiger partial charge in [-0.2, -0.15) is 10.5 Å². The van der Waals surface area contributed by atoms with Crippen LogP contribution in [-0.2, 0) is 17.9 Å². The topological polar surface area (TPSA) is 98.9 Å². The van der Waals surface area contributed by atoms with Crippen LogP contribution in [0, 0.1) is 29.6 Å². The summed E-state index contributed by atoms with van der Waals surface area (Å²) in [4.78, 5) is 18.2. The smallest absolute Gasteiger partial charge is 0.243 e. The third kappa shape index (κ3) is 3.09. The van der Waals surface area contributed by atoms with Gasteiger partial charge in [0.15, 0.2) is 11.4 Å². The first kappa shape index (κ1) is 14.9. The Balaban J connectivity index is 1.76. The molecule has 7 nitrogen and oxygen atoms in total. The third-order valence-corrected chi connectivity index (χ3v) is 3.79. The second-order valence-electron chi connectivity index (χ2n) is 5.56. The monoisotopic (exact) mass is 309 g/mol. The molecule has 3 rings (SSSR count). The molecule has 116 valence electrons. The number of imidazole rings is 1. The van der Waals surface area contributed by atoms with Crippen molar-refractivity contribution in [3.8, 4) is 12.1 Å². The van der Waals surface area contributed by atoms with E-state index in [0.29, 0.717) is 6.54 Å². The lowest BCUT2D eigenvalue weighted by Gasteiger charge is -2.21. The Morgan fingerprint density at radius 1 is 1.43 bits per heavy atom. The number of nitrogens with zero attached hydrogens (tertiary/aromatic N) is 5. The summed E-state index contributed by atoms with van der Waals surface area (Å²) in [5.41, 5.74) is 0.158. The van der Waals surface area contributed by atoms with E-state index in [-0.39, 0.29) is 29.9 Å². The maximum atomic E-state index is 12.6. The summed E-state index contributed by atoms with van der Waals surface area (Å²) in [5.74, 6) is 1.44. The Hall–Kier alpha value is -3.06. The Morgan fingerprint density at radius 2 is 2.22 bits per heavy atom. The van der Waals surface area contributed by atoms with Gasteiger partial charge in [-0.05, 0) is 31.9 Å². The molecule has 0 bridgehead atoms. The second-order valence-corrected chi connectivity index (χ2v) is 5.56. The standard InChI is InChI=1S/C16H15N5O2/c1-11-2-5-13(23-11)8-21(12-3-4-12)16(22)9-20-10-19-14(6-17)15(20)7-18/h2,5,10,12H,3-4,8-9H2,1H3. The molecule has 0 aliphatic heterocycles. The van der Waals surface area contributed by atoms with E-state index in [4.69, 9.17) is 14.9 Å². The predicted octanol–water partition coefficient (Wildman–Crippen LogP) is 1.72. The van der Waals surface area contributed by atoms with E-state index in [1.54, 1.807) is 4.90 Å². The SMILES string of the molecule is Cc1ccc(CN(C(=O)Cn2cnc(C#N)c2C#N)C2CC2)o1. The Bertz CT molecular complexity index is 816. The van der Waals surface area contributed by atoms with Crippen molar-refractivity contribution >= 4 is 5.91 Å². The van der Waals surface area contributed by atoms with Gasteiger partial charge in [0, 0.05) is 6.04 Å². The van der Waals surface area contributed by atoms with E-state index in [1.807, 2.05) is 31.2 Å². The first-order valence-corrected chi connectivity index (χ1v) is 7.32. The number of nitriles is 2. The van der Waals surface area contributed by atoms with Crippen molar-refractivity contribution in [1.82, 2.24) is 14.5 Å². The number of hydrogen-bond donors (Lipinski definition) is 0. The molecule has 1 fully saturated rings. The summed E-state index contributed by atoms with van der Waals surface area (Å²) < 4.78 is 6.97. The molecule has 2 aromatic rings. The van der Waals surface area contributed by atoms with Gasteiger partial charge in [0.2, 0.25) is 5.91 Å². The molecular formula is C16H15N5O2. The molecular weight excluding hydrogens is 294 g/mol. The van der Waals surface area contributed by atoms with Crippen molar-refractivity contribution in [2.24, 2.45) is 0 Å². The fraction of sp³-hybridized carbons (Fsp3) is 0.375. The number of carbonyl (C=O) groups is 1. The molecule has 1 amide bonds. The van der Waals surface area contributed by atoms with Gasteiger partial charge in [0.25, 0.3) is 0 Å². The van der Waals surface area contributed by atoms with E-state index in [9.17, 15) is 4.79 Å². The van der Waals surface area contributed by atoms with Crippen molar-refractivity contribution in [3.63, 3.8) is 0 Å². The molecule has 7 heteroatoms. The van der Waals surface area contributed by atoms with Gasteiger partial charge in [-0.1, -0.05) is 0 Å². The average Bonchev–Trinajstić information content (AvgIpc) is 3.18. The van der Waals surface area contributed by atoms with Gasteiger partial charge in [0.05, 0.1) is 12.9 Å². The highest BCUT2D eigenvalue weighted by Crippen LogP contribution is 2.29. The lowest BCUT2D eigenvalue weighted by atomic mass is 10.3. The minimum Gasteiger partial charge on any atom is -0.464 e. The summed E-state index contributed by atoms with van der Waals surface area (Å²) in [5, 5.41) is 18.0. The summed E-state index contributed by atoms with van der Waals surface area (Å²) in [6, 6.07) is 7.73. The van der Waals surface area contributed by atoms with Crippen LogP contribution in [0.15, 0.2) is 22.9 Å². The average molecular weight is 309 g/mol. The molecule has 0 unspecified atom stereocenters. The first-order valence-electron chi connectivity index (χ1n) is 7.32. The van der Waals surface area contributed by atoms with Crippen LogP contribution in [0.25, 0.3) is 0 Å². The number of aromatic nitrogens is 2. The largest absolute Gasteiger partial charge is 0.464 e. The van der Waals surface area contributed by atoms with Crippen LogP contribution < -0.4 is 0 Å². The summed E-state index contributed by atoms with van der Waals surface area (Å²) >= 11 is 0. The lowest BCUT2D eigenvalue weighted by Crippen LogP contribution is -2.35. The van der Waals surface area contributed by atoms with Crippen molar-refractivity contribution in [1.29, 1.82) is 10.5 Å². The van der Waals surface area contributed by atoms with E-state index in [2.05, 4.69) is 4.98 Å². The van der Waals surface area contributed by atoms with Gasteiger partial charge < -0.3 is 13.9 Å². The molecule has 2 aromatic heterocycles.